The van der Waals surface area contributed by atoms with Crippen LogP contribution in [0.1, 0.15) is 16.9 Å². The van der Waals surface area contributed by atoms with Gasteiger partial charge in [0.15, 0.2) is 5.69 Å². The predicted octanol–water partition coefficient (Wildman–Crippen LogP) is 0.572. The van der Waals surface area contributed by atoms with Crippen LogP contribution < -0.4 is 5.56 Å². The van der Waals surface area contributed by atoms with Crippen molar-refractivity contribution in [3.05, 3.63) is 40.3 Å². The average molecular weight is 388 g/mol. The van der Waals surface area contributed by atoms with Gasteiger partial charge < -0.3 is 24.6 Å². The van der Waals surface area contributed by atoms with E-state index < -0.39 is 5.56 Å². The highest BCUT2D eigenvalue weighted by Gasteiger charge is 2.32. The fraction of sp³-hybridized carbons (Fsp3) is 0.550. The first kappa shape index (κ1) is 20.4. The number of para-hydroxylation sites is 2. The third-order valence-corrected chi connectivity index (χ3v) is 5.22. The molecule has 0 saturated carbocycles. The molecule has 2 aromatic rings. The smallest absolute Gasteiger partial charge is 0.280 e. The van der Waals surface area contributed by atoms with Gasteiger partial charge in [-0.1, -0.05) is 12.1 Å². The van der Waals surface area contributed by atoms with Crippen LogP contribution in [0.15, 0.2) is 29.1 Å². The van der Waals surface area contributed by atoms with Crippen molar-refractivity contribution in [1.82, 2.24) is 19.8 Å². The number of rotatable bonds is 7. The third kappa shape index (κ3) is 4.76. The number of H-pyrrole nitrogens is 1. The quantitative estimate of drug-likeness (QED) is 0.720. The van der Waals surface area contributed by atoms with Crippen LogP contribution in [0.25, 0.3) is 11.0 Å². The van der Waals surface area contributed by atoms with E-state index in [9.17, 15) is 14.7 Å². The number of amides is 1. The van der Waals surface area contributed by atoms with E-state index >= 15 is 0 Å². The number of aliphatic hydroxyl groups excluding tert-OH is 1. The number of carbonyl (C=O) groups is 1. The van der Waals surface area contributed by atoms with Crippen LogP contribution in [0.5, 0.6) is 0 Å². The standard InChI is InChI=1S/C20H28N4O4/c1-23(7-8-28-2)10-14-9-15(13-25)12-24(11-14)20(27)18-19(26)22-17-6-4-3-5-16(17)21-18/h3-6,14-15,25H,7-13H2,1-2H3,(H,22,26)/t14-,15+/m0/s1. The number of aromatic nitrogens is 2. The number of aromatic amines is 1. The molecule has 3 rings (SSSR count). The molecule has 28 heavy (non-hydrogen) atoms. The second kappa shape index (κ2) is 9.27. The Hall–Kier alpha value is -2.29. The van der Waals surface area contributed by atoms with E-state index in [4.69, 9.17) is 4.74 Å². The van der Waals surface area contributed by atoms with E-state index in [1.54, 1.807) is 24.1 Å². The summed E-state index contributed by atoms with van der Waals surface area (Å²) in [5, 5.41) is 9.70. The Morgan fingerprint density at radius 2 is 2.11 bits per heavy atom. The number of benzene rings is 1. The number of carbonyl (C=O) groups excluding carboxylic acids is 1. The first-order chi connectivity index (χ1) is 13.5. The molecule has 2 atom stereocenters. The molecule has 0 unspecified atom stereocenters. The van der Waals surface area contributed by atoms with Gasteiger partial charge in [-0.05, 0) is 37.4 Å². The van der Waals surface area contributed by atoms with E-state index in [-0.39, 0.29) is 30.0 Å². The zero-order chi connectivity index (χ0) is 20.1. The number of ether oxygens (including phenoxy) is 1. The summed E-state index contributed by atoms with van der Waals surface area (Å²) in [7, 11) is 3.69. The lowest BCUT2D eigenvalue weighted by molar-refractivity contribution is 0.0445. The summed E-state index contributed by atoms with van der Waals surface area (Å²) in [6, 6.07) is 7.15. The van der Waals surface area contributed by atoms with Gasteiger partial charge >= 0.3 is 0 Å². The molecule has 8 heteroatoms. The van der Waals surface area contributed by atoms with Crippen molar-refractivity contribution in [3.63, 3.8) is 0 Å². The number of likely N-dealkylation sites (tertiary alicyclic amines) is 1. The summed E-state index contributed by atoms with van der Waals surface area (Å²) in [5.74, 6) is -0.163. The van der Waals surface area contributed by atoms with E-state index in [1.165, 1.54) is 0 Å². The van der Waals surface area contributed by atoms with Gasteiger partial charge in [-0.25, -0.2) is 4.98 Å². The SMILES string of the molecule is COCCN(C)C[C@@H]1C[C@@H](CO)CN(C(=O)c2nc3ccccc3[nH]c2=O)C1. The summed E-state index contributed by atoms with van der Waals surface area (Å²) in [4.78, 5) is 36.3. The molecule has 0 spiro atoms. The summed E-state index contributed by atoms with van der Waals surface area (Å²) in [5.41, 5.74) is 0.609. The summed E-state index contributed by atoms with van der Waals surface area (Å²) < 4.78 is 5.12. The van der Waals surface area contributed by atoms with Gasteiger partial charge in [0.2, 0.25) is 0 Å². The minimum atomic E-state index is -0.483. The molecule has 1 saturated heterocycles. The van der Waals surface area contributed by atoms with E-state index in [0.29, 0.717) is 30.7 Å². The van der Waals surface area contributed by atoms with E-state index in [2.05, 4.69) is 14.9 Å². The Morgan fingerprint density at radius 3 is 2.86 bits per heavy atom. The van der Waals surface area contributed by atoms with Crippen molar-refractivity contribution < 1.29 is 14.6 Å². The van der Waals surface area contributed by atoms with Gasteiger partial charge in [0, 0.05) is 39.9 Å². The number of aliphatic hydroxyl groups is 1. The van der Waals surface area contributed by atoms with Crippen LogP contribution in [0.2, 0.25) is 0 Å². The molecule has 1 aromatic carbocycles. The molecule has 1 aliphatic rings. The van der Waals surface area contributed by atoms with Crippen molar-refractivity contribution in [2.24, 2.45) is 11.8 Å². The number of piperidine rings is 1. The molecule has 1 aromatic heterocycles. The van der Waals surface area contributed by atoms with Gasteiger partial charge in [-0.15, -0.1) is 0 Å². The van der Waals surface area contributed by atoms with Crippen molar-refractivity contribution in [1.29, 1.82) is 0 Å². The number of nitrogens with one attached hydrogen (secondary N) is 1. The Labute approximate surface area is 164 Å². The topological polar surface area (TPSA) is 98.8 Å². The molecule has 0 aliphatic carbocycles. The van der Waals surface area contributed by atoms with E-state index in [0.717, 1.165) is 19.5 Å². The minimum absolute atomic E-state index is 0.00179. The van der Waals surface area contributed by atoms with Crippen LogP contribution in [0.4, 0.5) is 0 Å². The first-order valence-corrected chi connectivity index (χ1v) is 9.58. The Morgan fingerprint density at radius 1 is 1.36 bits per heavy atom. The maximum atomic E-state index is 13.1. The fourth-order valence-electron chi connectivity index (χ4n) is 3.85. The number of nitrogens with zero attached hydrogens (tertiary/aromatic N) is 3. The third-order valence-electron chi connectivity index (χ3n) is 5.22. The molecular weight excluding hydrogens is 360 g/mol. The van der Waals surface area contributed by atoms with Gasteiger partial charge in [-0.3, -0.25) is 9.59 Å². The number of methoxy groups -OCH3 is 1. The highest BCUT2D eigenvalue weighted by atomic mass is 16.5. The van der Waals surface area contributed by atoms with Crippen LogP contribution in [0, 0.1) is 11.8 Å². The Bertz CT molecular complexity index is 869. The minimum Gasteiger partial charge on any atom is -0.396 e. The molecule has 0 radical (unpaired) electrons. The van der Waals surface area contributed by atoms with E-state index in [1.807, 2.05) is 19.2 Å². The zero-order valence-corrected chi connectivity index (χ0v) is 16.4. The van der Waals surface area contributed by atoms with Crippen molar-refractivity contribution >= 4 is 16.9 Å². The van der Waals surface area contributed by atoms with Crippen molar-refractivity contribution in [2.45, 2.75) is 6.42 Å². The maximum Gasteiger partial charge on any atom is 0.280 e. The van der Waals surface area contributed by atoms with Crippen LogP contribution in [-0.4, -0.2) is 84.3 Å². The predicted molar refractivity (Wildman–Crippen MR) is 106 cm³/mol. The Balaban J connectivity index is 1.78. The second-order valence-corrected chi connectivity index (χ2v) is 7.55. The fourth-order valence-corrected chi connectivity index (χ4v) is 3.85. The molecule has 0 bridgehead atoms. The molecule has 152 valence electrons. The monoisotopic (exact) mass is 388 g/mol. The highest BCUT2D eigenvalue weighted by molar-refractivity contribution is 5.93. The lowest BCUT2D eigenvalue weighted by atomic mass is 9.89. The molecule has 1 amide bonds. The zero-order valence-electron chi connectivity index (χ0n) is 16.4. The highest BCUT2D eigenvalue weighted by Crippen LogP contribution is 2.23. The normalized spacial score (nSPS) is 20.1. The van der Waals surface area contributed by atoms with Crippen molar-refractivity contribution in [2.75, 3.05) is 53.6 Å². The number of hydrogen-bond acceptors (Lipinski definition) is 6. The molecular formula is C20H28N4O4. The maximum absolute atomic E-state index is 13.1. The number of hydrogen-bond donors (Lipinski definition) is 2. The van der Waals surface area contributed by atoms with Crippen LogP contribution >= 0.6 is 0 Å². The van der Waals surface area contributed by atoms with Gasteiger partial charge in [-0.2, -0.15) is 0 Å². The van der Waals surface area contributed by atoms with Gasteiger partial charge in [0.1, 0.15) is 0 Å². The summed E-state index contributed by atoms with van der Waals surface area (Å²) >= 11 is 0. The number of fused-ring (bicyclic) bond motifs is 1. The molecule has 8 nitrogen and oxygen atoms in total. The van der Waals surface area contributed by atoms with Crippen LogP contribution in [-0.2, 0) is 4.74 Å². The molecule has 1 fully saturated rings. The first-order valence-electron chi connectivity index (χ1n) is 9.58. The second-order valence-electron chi connectivity index (χ2n) is 7.55. The van der Waals surface area contributed by atoms with Crippen LogP contribution in [0.3, 0.4) is 0 Å². The largest absolute Gasteiger partial charge is 0.396 e. The molecule has 1 aliphatic heterocycles. The Kier molecular flexibility index (Phi) is 6.77. The summed E-state index contributed by atoms with van der Waals surface area (Å²) in [6.45, 7) is 3.24. The molecule has 2 heterocycles. The lowest BCUT2D eigenvalue weighted by Gasteiger charge is -2.38. The lowest BCUT2D eigenvalue weighted by Crippen LogP contribution is -2.49. The summed E-state index contributed by atoms with van der Waals surface area (Å²) in [6.07, 6.45) is 0.846. The van der Waals surface area contributed by atoms with Gasteiger partial charge in [0.05, 0.1) is 17.6 Å². The number of likely N-dealkylation sites (N-methyl/N-ethyl adjacent to an activating group) is 1. The van der Waals surface area contributed by atoms with Crippen molar-refractivity contribution in [3.8, 4) is 0 Å². The average Bonchev–Trinajstić information content (AvgIpc) is 2.70. The van der Waals surface area contributed by atoms with Gasteiger partial charge in [0.25, 0.3) is 11.5 Å². The molecule has 2 N–H and O–H groups in total.